The molecular weight excluding hydrogens is 288 g/mol. The van der Waals surface area contributed by atoms with Crippen LogP contribution in [-0.4, -0.2) is 47.1 Å². The second-order valence-corrected chi connectivity index (χ2v) is 6.02. The molecule has 0 aromatic heterocycles. The molecule has 0 atom stereocenters. The van der Waals surface area contributed by atoms with Crippen LogP contribution in [0.4, 0.5) is 4.79 Å². The van der Waals surface area contributed by atoms with Crippen LogP contribution in [0.15, 0.2) is 18.2 Å². The van der Waals surface area contributed by atoms with Crippen molar-refractivity contribution < 1.29 is 14.7 Å². The summed E-state index contributed by atoms with van der Waals surface area (Å²) >= 11 is 1.76. The third kappa shape index (κ3) is 4.14. The molecule has 2 rings (SSSR count). The van der Waals surface area contributed by atoms with Crippen LogP contribution in [0.2, 0.25) is 0 Å². The summed E-state index contributed by atoms with van der Waals surface area (Å²) < 4.78 is 0. The topological polar surface area (TPSA) is 69.6 Å². The normalized spacial score (nSPS) is 13.7. The van der Waals surface area contributed by atoms with Crippen molar-refractivity contribution in [2.45, 2.75) is 19.4 Å². The van der Waals surface area contributed by atoms with Gasteiger partial charge in [-0.15, -0.1) is 0 Å². The maximum atomic E-state index is 12.1. The first-order chi connectivity index (χ1) is 10.1. The van der Waals surface area contributed by atoms with E-state index in [9.17, 15) is 9.59 Å². The van der Waals surface area contributed by atoms with Gasteiger partial charge in [-0.2, -0.15) is 11.8 Å². The van der Waals surface area contributed by atoms with Crippen LogP contribution in [-0.2, 0) is 13.0 Å². The van der Waals surface area contributed by atoms with Crippen molar-refractivity contribution in [3.8, 4) is 0 Å². The molecule has 0 radical (unpaired) electrons. The molecule has 0 saturated carbocycles. The van der Waals surface area contributed by atoms with E-state index < -0.39 is 5.97 Å². The molecule has 21 heavy (non-hydrogen) atoms. The molecule has 0 aliphatic carbocycles. The quantitative estimate of drug-likeness (QED) is 0.818. The fourth-order valence-electron chi connectivity index (χ4n) is 2.39. The Balaban J connectivity index is 1.96. The average molecular weight is 308 g/mol. The number of nitrogens with zero attached hydrogens (tertiary/aromatic N) is 1. The molecule has 0 bridgehead atoms. The van der Waals surface area contributed by atoms with E-state index in [1.54, 1.807) is 28.8 Å². The molecule has 0 saturated heterocycles. The highest BCUT2D eigenvalue weighted by Crippen LogP contribution is 2.20. The maximum absolute atomic E-state index is 12.1. The zero-order valence-corrected chi connectivity index (χ0v) is 12.9. The second-order valence-electron chi connectivity index (χ2n) is 5.04. The smallest absolute Gasteiger partial charge is 0.335 e. The highest BCUT2D eigenvalue weighted by Gasteiger charge is 2.21. The molecule has 1 aromatic carbocycles. The van der Waals surface area contributed by atoms with Gasteiger partial charge in [0.25, 0.3) is 0 Å². The van der Waals surface area contributed by atoms with Gasteiger partial charge in [0, 0.05) is 19.6 Å². The maximum Gasteiger partial charge on any atom is 0.335 e. The molecule has 0 spiro atoms. The van der Waals surface area contributed by atoms with E-state index >= 15 is 0 Å². The van der Waals surface area contributed by atoms with Gasteiger partial charge in [-0.3, -0.25) is 0 Å². The number of carboxylic acid groups (broad SMARTS) is 1. The highest BCUT2D eigenvalue weighted by atomic mass is 32.2. The fraction of sp³-hybridized carbons (Fsp3) is 0.467. The summed E-state index contributed by atoms with van der Waals surface area (Å²) in [6.45, 7) is 1.83. The number of carbonyl (C=O) groups is 2. The number of carboxylic acids is 1. The van der Waals surface area contributed by atoms with Crippen molar-refractivity contribution in [1.29, 1.82) is 0 Å². The zero-order valence-electron chi connectivity index (χ0n) is 12.1. The van der Waals surface area contributed by atoms with Gasteiger partial charge in [-0.25, -0.2) is 9.59 Å². The van der Waals surface area contributed by atoms with E-state index in [-0.39, 0.29) is 11.6 Å². The molecule has 6 heteroatoms. The Morgan fingerprint density at radius 3 is 2.90 bits per heavy atom. The van der Waals surface area contributed by atoms with Gasteiger partial charge in [-0.1, -0.05) is 6.07 Å². The van der Waals surface area contributed by atoms with Crippen LogP contribution in [0.1, 0.15) is 27.9 Å². The van der Waals surface area contributed by atoms with Gasteiger partial charge in [0.2, 0.25) is 0 Å². The van der Waals surface area contributed by atoms with Crippen LogP contribution in [0.3, 0.4) is 0 Å². The van der Waals surface area contributed by atoms with Crippen molar-refractivity contribution in [3.63, 3.8) is 0 Å². The largest absolute Gasteiger partial charge is 0.478 e. The number of nitrogens with one attached hydrogen (secondary N) is 1. The third-order valence-corrected chi connectivity index (χ3v) is 4.25. The summed E-state index contributed by atoms with van der Waals surface area (Å²) in [6.07, 6.45) is 3.78. The number of hydrogen-bond donors (Lipinski definition) is 2. The third-order valence-electron chi connectivity index (χ3n) is 3.55. The molecule has 0 unspecified atom stereocenters. The van der Waals surface area contributed by atoms with E-state index in [4.69, 9.17) is 5.11 Å². The van der Waals surface area contributed by atoms with E-state index in [0.717, 1.165) is 29.7 Å². The predicted octanol–water partition coefficient (Wildman–Crippen LogP) is 2.21. The summed E-state index contributed by atoms with van der Waals surface area (Å²) in [5.74, 6) is 0.0990. The Kier molecular flexibility index (Phi) is 5.50. The van der Waals surface area contributed by atoms with Gasteiger partial charge in [0.05, 0.1) is 5.56 Å². The van der Waals surface area contributed by atoms with Crippen LogP contribution in [0, 0.1) is 0 Å². The highest BCUT2D eigenvalue weighted by molar-refractivity contribution is 7.98. The zero-order chi connectivity index (χ0) is 15.2. The Morgan fingerprint density at radius 1 is 1.38 bits per heavy atom. The summed E-state index contributed by atoms with van der Waals surface area (Å²) in [5, 5.41) is 11.9. The number of amides is 2. The Morgan fingerprint density at radius 2 is 2.19 bits per heavy atom. The van der Waals surface area contributed by atoms with Crippen LogP contribution in [0.5, 0.6) is 0 Å². The standard InChI is InChI=1S/C15H20N2O3S/c1-21-8-2-6-16-15(20)17-7-5-11-3-4-12(14(18)19)9-13(11)10-17/h3-4,9H,2,5-8,10H2,1H3,(H,16,20)(H,18,19). The lowest BCUT2D eigenvalue weighted by Crippen LogP contribution is -2.43. The van der Waals surface area contributed by atoms with Gasteiger partial charge < -0.3 is 15.3 Å². The number of fused-ring (bicyclic) bond motifs is 1. The minimum atomic E-state index is -0.934. The van der Waals surface area contributed by atoms with Crippen LogP contribution >= 0.6 is 11.8 Å². The molecular formula is C15H20N2O3S. The Labute approximate surface area is 128 Å². The Hall–Kier alpha value is -1.69. The molecule has 2 amide bonds. The van der Waals surface area contributed by atoms with Crippen LogP contribution in [0.25, 0.3) is 0 Å². The van der Waals surface area contributed by atoms with Crippen molar-refractivity contribution >= 4 is 23.8 Å². The minimum absolute atomic E-state index is 0.0671. The van der Waals surface area contributed by atoms with E-state index in [2.05, 4.69) is 5.32 Å². The second kappa shape index (κ2) is 7.36. The fourth-order valence-corrected chi connectivity index (χ4v) is 2.82. The van der Waals surface area contributed by atoms with E-state index in [0.29, 0.717) is 19.6 Å². The van der Waals surface area contributed by atoms with Crippen molar-refractivity contribution in [1.82, 2.24) is 10.2 Å². The summed E-state index contributed by atoms with van der Waals surface area (Å²) in [4.78, 5) is 24.8. The van der Waals surface area contributed by atoms with Gasteiger partial charge >= 0.3 is 12.0 Å². The molecule has 5 nitrogen and oxygen atoms in total. The molecule has 114 valence electrons. The average Bonchev–Trinajstić information content (AvgIpc) is 2.50. The SMILES string of the molecule is CSCCCNC(=O)N1CCc2ccc(C(=O)O)cc2C1. The van der Waals surface area contributed by atoms with Gasteiger partial charge in [0.1, 0.15) is 0 Å². The first-order valence-corrected chi connectivity index (χ1v) is 8.38. The number of rotatable bonds is 5. The number of benzene rings is 1. The number of urea groups is 1. The lowest BCUT2D eigenvalue weighted by atomic mass is 9.97. The molecule has 2 N–H and O–H groups in total. The lowest BCUT2D eigenvalue weighted by molar-refractivity contribution is 0.0696. The summed E-state index contributed by atoms with van der Waals surface area (Å²) in [6, 6.07) is 5.08. The van der Waals surface area contributed by atoms with Crippen LogP contribution < -0.4 is 5.32 Å². The number of thioether (sulfide) groups is 1. The van der Waals surface area contributed by atoms with Crippen molar-refractivity contribution in [2.75, 3.05) is 25.1 Å². The van der Waals surface area contributed by atoms with Crippen molar-refractivity contribution in [3.05, 3.63) is 34.9 Å². The number of hydrogen-bond acceptors (Lipinski definition) is 3. The lowest BCUT2D eigenvalue weighted by Gasteiger charge is -2.29. The first-order valence-electron chi connectivity index (χ1n) is 6.98. The van der Waals surface area contributed by atoms with Crippen molar-refractivity contribution in [2.24, 2.45) is 0 Å². The van der Waals surface area contributed by atoms with Gasteiger partial charge in [-0.05, 0) is 48.1 Å². The van der Waals surface area contributed by atoms with E-state index in [1.807, 2.05) is 12.3 Å². The predicted molar refractivity (Wildman–Crippen MR) is 83.9 cm³/mol. The summed E-state index contributed by atoms with van der Waals surface area (Å²) in [5.41, 5.74) is 2.34. The molecule has 1 aromatic rings. The summed E-state index contributed by atoms with van der Waals surface area (Å²) in [7, 11) is 0. The molecule has 0 fully saturated rings. The number of aromatic carboxylic acids is 1. The molecule has 1 heterocycles. The van der Waals surface area contributed by atoms with E-state index in [1.165, 1.54) is 0 Å². The number of carbonyl (C=O) groups excluding carboxylic acids is 1. The Bertz CT molecular complexity index is 534. The minimum Gasteiger partial charge on any atom is -0.478 e. The monoisotopic (exact) mass is 308 g/mol. The molecule has 1 aliphatic rings. The molecule has 1 aliphatic heterocycles. The van der Waals surface area contributed by atoms with Gasteiger partial charge in [0.15, 0.2) is 0 Å². The first kappa shape index (κ1) is 15.7.